The van der Waals surface area contributed by atoms with E-state index in [0.29, 0.717) is 38.6 Å². The van der Waals surface area contributed by atoms with Gasteiger partial charge in [0.05, 0.1) is 19.6 Å². The first kappa shape index (κ1) is 26.4. The number of para-hydroxylation sites is 1. The number of carbonyl (C=O) groups excluding carboxylic acids is 1. The molecule has 0 radical (unpaired) electrons. The van der Waals surface area contributed by atoms with Gasteiger partial charge in [-0.2, -0.15) is 0 Å². The van der Waals surface area contributed by atoms with Crippen LogP contribution in [0.25, 0.3) is 22.1 Å². The summed E-state index contributed by atoms with van der Waals surface area (Å²) in [6, 6.07) is 22.0. The first-order valence-electron chi connectivity index (χ1n) is 12.7. The second kappa shape index (κ2) is 13.1. The molecule has 4 aromatic rings. The Labute approximate surface area is 217 Å². The van der Waals surface area contributed by atoms with Gasteiger partial charge in [-0.15, -0.1) is 0 Å². The Balaban J connectivity index is 1.63. The van der Waals surface area contributed by atoms with E-state index in [0.717, 1.165) is 57.5 Å². The maximum absolute atomic E-state index is 12.0. The Bertz CT molecular complexity index is 1330. The first-order chi connectivity index (χ1) is 18.1. The average molecular weight is 502 g/mol. The van der Waals surface area contributed by atoms with Gasteiger partial charge in [-0.1, -0.05) is 36.4 Å². The molecule has 0 bridgehead atoms. The van der Waals surface area contributed by atoms with Crippen molar-refractivity contribution in [3.05, 3.63) is 89.2 Å². The van der Waals surface area contributed by atoms with Gasteiger partial charge in [-0.05, 0) is 73.5 Å². The second-order valence-electron chi connectivity index (χ2n) is 8.88. The third-order valence-electron chi connectivity index (χ3n) is 6.06. The summed E-state index contributed by atoms with van der Waals surface area (Å²) in [6.45, 7) is 5.08. The molecule has 0 atom stereocenters. The van der Waals surface area contributed by atoms with Crippen LogP contribution in [-0.2, 0) is 35.6 Å². The standard InChI is InChI=1S/C30H35N3O4/c1-2-35-29(34)17-24-8-3-4-10-28(24)36-20-22-14-25-16-26(19-33-12-6-11-31)37-30(25)27(15-22)23-9-5-7-21(13-23)18-32/h3-5,7-10,13-16,33H,2,6,11-12,17-20,31-32H2,1H3. The number of esters is 1. The lowest BCUT2D eigenvalue weighted by molar-refractivity contribution is -0.142. The second-order valence-corrected chi connectivity index (χ2v) is 8.88. The van der Waals surface area contributed by atoms with Crippen LogP contribution in [0.4, 0.5) is 0 Å². The number of rotatable bonds is 13. The van der Waals surface area contributed by atoms with Gasteiger partial charge in [0.25, 0.3) is 0 Å². The monoisotopic (exact) mass is 501 g/mol. The predicted molar refractivity (Wildman–Crippen MR) is 146 cm³/mol. The number of benzene rings is 3. The fraction of sp³-hybridized carbons (Fsp3) is 0.300. The number of ether oxygens (including phenoxy) is 2. The zero-order chi connectivity index (χ0) is 26.0. The molecule has 0 saturated heterocycles. The number of hydrogen-bond donors (Lipinski definition) is 3. The Morgan fingerprint density at radius 2 is 1.86 bits per heavy atom. The van der Waals surface area contributed by atoms with Gasteiger partial charge >= 0.3 is 5.97 Å². The Morgan fingerprint density at radius 1 is 1.00 bits per heavy atom. The van der Waals surface area contributed by atoms with Gasteiger partial charge in [-0.3, -0.25) is 4.79 Å². The molecule has 37 heavy (non-hydrogen) atoms. The highest BCUT2D eigenvalue weighted by molar-refractivity contribution is 5.93. The van der Waals surface area contributed by atoms with Gasteiger partial charge in [0, 0.05) is 23.1 Å². The van der Waals surface area contributed by atoms with E-state index in [1.165, 1.54) is 0 Å². The first-order valence-corrected chi connectivity index (χ1v) is 12.7. The van der Waals surface area contributed by atoms with Crippen LogP contribution < -0.4 is 21.5 Å². The molecule has 194 valence electrons. The SMILES string of the molecule is CCOC(=O)Cc1ccccc1OCc1cc(-c2cccc(CN)c2)c2oc(CNCCCN)cc2c1. The number of carbonyl (C=O) groups is 1. The van der Waals surface area contributed by atoms with E-state index in [4.69, 9.17) is 25.4 Å². The van der Waals surface area contributed by atoms with Crippen molar-refractivity contribution in [2.75, 3.05) is 19.7 Å². The maximum Gasteiger partial charge on any atom is 0.310 e. The van der Waals surface area contributed by atoms with Gasteiger partial charge in [-0.25, -0.2) is 0 Å². The summed E-state index contributed by atoms with van der Waals surface area (Å²) in [5.74, 6) is 1.26. The highest BCUT2D eigenvalue weighted by Crippen LogP contribution is 2.34. The molecule has 5 N–H and O–H groups in total. The molecule has 0 unspecified atom stereocenters. The molecule has 4 rings (SSSR count). The number of nitrogens with two attached hydrogens (primary N) is 2. The smallest absolute Gasteiger partial charge is 0.310 e. The van der Waals surface area contributed by atoms with E-state index < -0.39 is 0 Å². The summed E-state index contributed by atoms with van der Waals surface area (Å²) in [6.07, 6.45) is 1.08. The highest BCUT2D eigenvalue weighted by Gasteiger charge is 2.15. The summed E-state index contributed by atoms with van der Waals surface area (Å²) in [5.41, 5.74) is 17.2. The van der Waals surface area contributed by atoms with E-state index in [9.17, 15) is 4.79 Å². The van der Waals surface area contributed by atoms with Crippen molar-refractivity contribution in [1.82, 2.24) is 5.32 Å². The van der Waals surface area contributed by atoms with Crippen LogP contribution >= 0.6 is 0 Å². The molecular weight excluding hydrogens is 466 g/mol. The molecule has 0 spiro atoms. The largest absolute Gasteiger partial charge is 0.489 e. The summed E-state index contributed by atoms with van der Waals surface area (Å²) in [4.78, 5) is 12.0. The summed E-state index contributed by atoms with van der Waals surface area (Å²) < 4.78 is 17.6. The minimum absolute atomic E-state index is 0.169. The third kappa shape index (κ3) is 6.98. The van der Waals surface area contributed by atoms with Gasteiger partial charge in [0.15, 0.2) is 0 Å². The molecule has 0 aliphatic rings. The number of hydrogen-bond acceptors (Lipinski definition) is 7. The van der Waals surface area contributed by atoms with Crippen molar-refractivity contribution in [3.63, 3.8) is 0 Å². The van der Waals surface area contributed by atoms with Crippen LogP contribution in [-0.4, -0.2) is 25.7 Å². The van der Waals surface area contributed by atoms with Crippen molar-refractivity contribution >= 4 is 16.9 Å². The molecule has 1 heterocycles. The van der Waals surface area contributed by atoms with Gasteiger partial charge in [0.1, 0.15) is 23.7 Å². The highest BCUT2D eigenvalue weighted by atomic mass is 16.5. The van der Waals surface area contributed by atoms with Crippen molar-refractivity contribution in [1.29, 1.82) is 0 Å². The van der Waals surface area contributed by atoms with Crippen LogP contribution in [0.2, 0.25) is 0 Å². The molecular formula is C30H35N3O4. The van der Waals surface area contributed by atoms with Crippen molar-refractivity contribution in [2.45, 2.75) is 39.5 Å². The van der Waals surface area contributed by atoms with E-state index in [1.54, 1.807) is 6.92 Å². The molecule has 0 saturated carbocycles. The Kier molecular flexibility index (Phi) is 9.32. The third-order valence-corrected chi connectivity index (χ3v) is 6.06. The van der Waals surface area contributed by atoms with Crippen LogP contribution in [0.15, 0.2) is 71.1 Å². The number of fused-ring (bicyclic) bond motifs is 1. The van der Waals surface area contributed by atoms with Gasteiger partial charge < -0.3 is 30.7 Å². The van der Waals surface area contributed by atoms with E-state index in [1.807, 2.05) is 36.4 Å². The van der Waals surface area contributed by atoms with Crippen molar-refractivity contribution in [3.8, 4) is 16.9 Å². The minimum Gasteiger partial charge on any atom is -0.489 e. The lowest BCUT2D eigenvalue weighted by atomic mass is 9.99. The normalized spacial score (nSPS) is 11.1. The van der Waals surface area contributed by atoms with Crippen molar-refractivity contribution in [2.24, 2.45) is 11.5 Å². The van der Waals surface area contributed by atoms with Crippen LogP contribution in [0.3, 0.4) is 0 Å². The summed E-state index contributed by atoms with van der Waals surface area (Å²) in [5, 5.41) is 4.38. The van der Waals surface area contributed by atoms with Crippen LogP contribution in [0.1, 0.15) is 35.8 Å². The molecule has 7 heteroatoms. The van der Waals surface area contributed by atoms with Crippen LogP contribution in [0.5, 0.6) is 5.75 Å². The number of nitrogens with one attached hydrogen (secondary N) is 1. The predicted octanol–water partition coefficient (Wildman–Crippen LogP) is 4.68. The topological polar surface area (TPSA) is 113 Å². The van der Waals surface area contributed by atoms with E-state index >= 15 is 0 Å². The molecule has 3 aromatic carbocycles. The lowest BCUT2D eigenvalue weighted by Crippen LogP contribution is -2.17. The molecule has 0 amide bonds. The fourth-order valence-corrected chi connectivity index (χ4v) is 4.28. The lowest BCUT2D eigenvalue weighted by Gasteiger charge is -2.13. The van der Waals surface area contributed by atoms with Crippen molar-refractivity contribution < 1.29 is 18.7 Å². The fourth-order valence-electron chi connectivity index (χ4n) is 4.28. The Morgan fingerprint density at radius 3 is 2.68 bits per heavy atom. The molecule has 0 aliphatic heterocycles. The van der Waals surface area contributed by atoms with E-state index in [2.05, 4.69) is 35.6 Å². The summed E-state index contributed by atoms with van der Waals surface area (Å²) in [7, 11) is 0. The number of furan rings is 1. The molecule has 7 nitrogen and oxygen atoms in total. The average Bonchev–Trinajstić information content (AvgIpc) is 3.33. The minimum atomic E-state index is -0.270. The zero-order valence-corrected chi connectivity index (χ0v) is 21.3. The quantitative estimate of drug-likeness (QED) is 0.180. The Hall–Kier alpha value is -3.65. The van der Waals surface area contributed by atoms with Gasteiger partial charge in [0.2, 0.25) is 0 Å². The van der Waals surface area contributed by atoms with Crippen LogP contribution in [0, 0.1) is 0 Å². The molecule has 0 aliphatic carbocycles. The zero-order valence-electron chi connectivity index (χ0n) is 21.3. The molecule has 1 aromatic heterocycles. The summed E-state index contributed by atoms with van der Waals surface area (Å²) >= 11 is 0. The molecule has 0 fully saturated rings. The van der Waals surface area contributed by atoms with E-state index in [-0.39, 0.29) is 12.4 Å². The maximum atomic E-state index is 12.0.